The summed E-state index contributed by atoms with van der Waals surface area (Å²) < 4.78 is 9.54. The van der Waals surface area contributed by atoms with E-state index in [4.69, 9.17) is 16.3 Å². The number of nitrogens with one attached hydrogen (secondary N) is 1. The van der Waals surface area contributed by atoms with Crippen LogP contribution in [0, 0.1) is 0 Å². The van der Waals surface area contributed by atoms with E-state index in [2.05, 4.69) is 15.5 Å². The van der Waals surface area contributed by atoms with Crippen molar-refractivity contribution in [3.05, 3.63) is 85.5 Å². The lowest BCUT2D eigenvalue weighted by molar-refractivity contribution is 0.340. The highest BCUT2D eigenvalue weighted by Gasteiger charge is 2.19. The number of ether oxygens (including phenoxy) is 1. The molecule has 0 spiro atoms. The third kappa shape index (κ3) is 4.54. The second kappa shape index (κ2) is 9.33. The molecule has 0 saturated carbocycles. The van der Waals surface area contributed by atoms with Crippen molar-refractivity contribution < 1.29 is 4.74 Å². The molecule has 2 heterocycles. The zero-order valence-corrected chi connectivity index (χ0v) is 19.2. The smallest absolute Gasteiger partial charge is 0.332 e. The first-order valence-electron chi connectivity index (χ1n) is 10.3. The molecule has 2 aromatic carbocycles. The van der Waals surface area contributed by atoms with Gasteiger partial charge >= 0.3 is 5.69 Å². The molecule has 10 heteroatoms. The molecule has 170 valence electrons. The van der Waals surface area contributed by atoms with Crippen molar-refractivity contribution >= 4 is 34.9 Å². The Labute approximate surface area is 194 Å². The van der Waals surface area contributed by atoms with Crippen LogP contribution in [-0.2, 0) is 20.6 Å². The third-order valence-electron chi connectivity index (χ3n) is 5.15. The maximum atomic E-state index is 13.0. The average molecular weight is 467 g/mol. The van der Waals surface area contributed by atoms with Crippen LogP contribution in [0.3, 0.4) is 0 Å². The number of halogens is 1. The number of rotatable bonds is 7. The summed E-state index contributed by atoms with van der Waals surface area (Å²) in [6, 6.07) is 14.8. The minimum Gasteiger partial charge on any atom is -0.494 e. The van der Waals surface area contributed by atoms with Gasteiger partial charge in [0.2, 0.25) is 5.95 Å². The van der Waals surface area contributed by atoms with Gasteiger partial charge in [0.25, 0.3) is 5.56 Å². The van der Waals surface area contributed by atoms with E-state index in [1.165, 1.54) is 11.6 Å². The van der Waals surface area contributed by atoms with Gasteiger partial charge in [-0.15, -0.1) is 0 Å². The molecule has 2 aromatic heterocycles. The van der Waals surface area contributed by atoms with Gasteiger partial charge in [0, 0.05) is 19.1 Å². The van der Waals surface area contributed by atoms with E-state index < -0.39 is 11.2 Å². The van der Waals surface area contributed by atoms with E-state index in [9.17, 15) is 9.59 Å². The molecule has 1 N–H and O–H groups in total. The molecule has 33 heavy (non-hydrogen) atoms. The summed E-state index contributed by atoms with van der Waals surface area (Å²) in [5, 5.41) is 4.87. The Morgan fingerprint density at radius 1 is 1.12 bits per heavy atom. The van der Waals surface area contributed by atoms with Crippen LogP contribution in [-0.4, -0.2) is 31.5 Å². The first-order chi connectivity index (χ1) is 15.9. The van der Waals surface area contributed by atoms with Crippen LogP contribution < -0.4 is 21.4 Å². The molecule has 0 radical (unpaired) electrons. The number of hydrazone groups is 1. The fraction of sp³-hybridized carbons (Fsp3) is 0.217. The van der Waals surface area contributed by atoms with Crippen LogP contribution >= 0.6 is 11.6 Å². The molecule has 0 unspecified atom stereocenters. The van der Waals surface area contributed by atoms with Crippen molar-refractivity contribution in [2.24, 2.45) is 19.2 Å². The lowest BCUT2D eigenvalue weighted by Gasteiger charge is -2.09. The topological polar surface area (TPSA) is 95.4 Å². The van der Waals surface area contributed by atoms with Crippen molar-refractivity contribution in [3.63, 3.8) is 0 Å². The van der Waals surface area contributed by atoms with Crippen LogP contribution in [0.5, 0.6) is 5.75 Å². The molecule has 0 bridgehead atoms. The SMILES string of the molecule is CCOc1ccc(/C=N/Nc2nc3c(c(=O)n(C)c(=O)n3C)n2Cc2cccc(Cl)c2)cc1. The number of benzene rings is 2. The highest BCUT2D eigenvalue weighted by molar-refractivity contribution is 6.30. The highest BCUT2D eigenvalue weighted by atomic mass is 35.5. The van der Waals surface area contributed by atoms with E-state index in [1.54, 1.807) is 23.9 Å². The Morgan fingerprint density at radius 2 is 1.88 bits per heavy atom. The fourth-order valence-electron chi connectivity index (χ4n) is 3.49. The van der Waals surface area contributed by atoms with Gasteiger partial charge in [-0.05, 0) is 54.4 Å². The molecule has 0 saturated heterocycles. The van der Waals surface area contributed by atoms with Gasteiger partial charge in [-0.1, -0.05) is 23.7 Å². The van der Waals surface area contributed by atoms with Crippen molar-refractivity contribution in [3.8, 4) is 5.75 Å². The van der Waals surface area contributed by atoms with Gasteiger partial charge in [-0.25, -0.2) is 10.2 Å². The third-order valence-corrected chi connectivity index (χ3v) is 5.38. The molecule has 0 aliphatic rings. The monoisotopic (exact) mass is 466 g/mol. The number of anilines is 1. The summed E-state index contributed by atoms with van der Waals surface area (Å²) in [7, 11) is 3.02. The Kier molecular flexibility index (Phi) is 6.32. The summed E-state index contributed by atoms with van der Waals surface area (Å²) in [5.74, 6) is 1.10. The number of nitrogens with zero attached hydrogens (tertiary/aromatic N) is 5. The Balaban J connectivity index is 1.74. The number of aryl methyl sites for hydroxylation is 1. The Bertz CT molecular complexity index is 1450. The van der Waals surface area contributed by atoms with E-state index >= 15 is 0 Å². The lowest BCUT2D eigenvalue weighted by Crippen LogP contribution is -2.37. The number of imidazole rings is 1. The van der Waals surface area contributed by atoms with Gasteiger partial charge in [0.15, 0.2) is 11.2 Å². The van der Waals surface area contributed by atoms with Crippen LogP contribution in [0.15, 0.2) is 63.2 Å². The predicted molar refractivity (Wildman–Crippen MR) is 130 cm³/mol. The molecule has 0 atom stereocenters. The fourth-order valence-corrected chi connectivity index (χ4v) is 3.70. The molecule has 0 aliphatic carbocycles. The molecule has 0 amide bonds. The van der Waals surface area contributed by atoms with Crippen LogP contribution in [0.4, 0.5) is 5.95 Å². The summed E-state index contributed by atoms with van der Waals surface area (Å²) in [4.78, 5) is 29.9. The summed E-state index contributed by atoms with van der Waals surface area (Å²) in [6.45, 7) is 2.84. The molecule has 0 aliphatic heterocycles. The normalized spacial score (nSPS) is 11.4. The second-order valence-electron chi connectivity index (χ2n) is 7.40. The first-order valence-corrected chi connectivity index (χ1v) is 10.7. The van der Waals surface area contributed by atoms with Gasteiger partial charge < -0.3 is 4.74 Å². The van der Waals surface area contributed by atoms with Crippen LogP contribution in [0.1, 0.15) is 18.1 Å². The molecule has 0 fully saturated rings. The van der Waals surface area contributed by atoms with Gasteiger partial charge in [-0.2, -0.15) is 10.1 Å². The van der Waals surface area contributed by atoms with Gasteiger partial charge in [0.05, 0.1) is 19.4 Å². The molecular formula is C23H23ClN6O3. The van der Waals surface area contributed by atoms with Gasteiger partial charge in [0.1, 0.15) is 5.75 Å². The van der Waals surface area contributed by atoms with Crippen LogP contribution in [0.2, 0.25) is 5.02 Å². The number of aromatic nitrogens is 4. The maximum Gasteiger partial charge on any atom is 0.332 e. The largest absolute Gasteiger partial charge is 0.494 e. The van der Waals surface area contributed by atoms with Gasteiger partial charge in [-0.3, -0.25) is 18.5 Å². The van der Waals surface area contributed by atoms with E-state index in [0.29, 0.717) is 29.6 Å². The maximum absolute atomic E-state index is 13.0. The lowest BCUT2D eigenvalue weighted by atomic mass is 10.2. The summed E-state index contributed by atoms with van der Waals surface area (Å²) in [6.07, 6.45) is 1.63. The number of fused-ring (bicyclic) bond motifs is 1. The van der Waals surface area contributed by atoms with Crippen LogP contribution in [0.25, 0.3) is 11.2 Å². The van der Waals surface area contributed by atoms with Crippen molar-refractivity contribution in [2.75, 3.05) is 12.0 Å². The zero-order valence-electron chi connectivity index (χ0n) is 18.4. The average Bonchev–Trinajstić information content (AvgIpc) is 3.16. The quantitative estimate of drug-likeness (QED) is 0.333. The minimum atomic E-state index is -0.454. The highest BCUT2D eigenvalue weighted by Crippen LogP contribution is 2.20. The predicted octanol–water partition coefficient (Wildman–Crippen LogP) is 2.98. The second-order valence-corrected chi connectivity index (χ2v) is 7.84. The van der Waals surface area contributed by atoms with E-state index in [1.807, 2.05) is 49.4 Å². The number of hydrogen-bond donors (Lipinski definition) is 1. The summed E-state index contributed by atoms with van der Waals surface area (Å²) >= 11 is 6.14. The Hall–Kier alpha value is -3.85. The first kappa shape index (κ1) is 22.3. The summed E-state index contributed by atoms with van der Waals surface area (Å²) in [5.41, 5.74) is 4.30. The molecule has 4 rings (SSSR count). The minimum absolute atomic E-state index is 0.267. The van der Waals surface area contributed by atoms with E-state index in [0.717, 1.165) is 21.4 Å². The molecule has 9 nitrogen and oxygen atoms in total. The zero-order chi connectivity index (χ0) is 23.5. The standard InChI is InChI=1S/C23H23ClN6O3/c1-4-33-18-10-8-15(9-11-18)13-25-27-22-26-20-19(21(31)29(3)23(32)28(20)2)30(22)14-16-6-5-7-17(24)12-16/h5-13H,4,14H2,1-3H3,(H,26,27)/b25-13+. The van der Waals surface area contributed by atoms with E-state index in [-0.39, 0.29) is 5.65 Å². The molecule has 4 aromatic rings. The van der Waals surface area contributed by atoms with Crippen molar-refractivity contribution in [1.82, 2.24) is 18.7 Å². The molecular weight excluding hydrogens is 444 g/mol. The Morgan fingerprint density at radius 3 is 2.58 bits per heavy atom. The van der Waals surface area contributed by atoms with Crippen molar-refractivity contribution in [2.45, 2.75) is 13.5 Å². The number of hydrogen-bond acceptors (Lipinski definition) is 6. The van der Waals surface area contributed by atoms with Crippen molar-refractivity contribution in [1.29, 1.82) is 0 Å².